The van der Waals surface area contributed by atoms with Crippen molar-refractivity contribution >= 4 is 5.65 Å². The van der Waals surface area contributed by atoms with Gasteiger partial charge in [0, 0.05) is 12.1 Å². The summed E-state index contributed by atoms with van der Waals surface area (Å²) in [7, 11) is 1.43. The van der Waals surface area contributed by atoms with Crippen molar-refractivity contribution in [3.8, 4) is 11.5 Å². The lowest BCUT2D eigenvalue weighted by Crippen LogP contribution is -2.17. The average molecular weight is 341 g/mol. The van der Waals surface area contributed by atoms with Crippen LogP contribution in [0.3, 0.4) is 0 Å². The predicted molar refractivity (Wildman–Crippen MR) is 75.6 cm³/mol. The molecule has 0 spiro atoms. The van der Waals surface area contributed by atoms with Gasteiger partial charge >= 0.3 is 6.36 Å². The number of halogens is 4. The Balaban J connectivity index is 1.94. The van der Waals surface area contributed by atoms with Gasteiger partial charge in [0.05, 0.1) is 12.8 Å². The summed E-state index contributed by atoms with van der Waals surface area (Å²) in [5.74, 6) is -0.0276. The van der Waals surface area contributed by atoms with Crippen LogP contribution in [0.1, 0.15) is 17.4 Å². The Hall–Kier alpha value is -2.84. The van der Waals surface area contributed by atoms with Crippen LogP contribution in [0, 0.1) is 0 Å². The minimum absolute atomic E-state index is 0.145. The van der Waals surface area contributed by atoms with E-state index in [1.54, 1.807) is 6.07 Å². The van der Waals surface area contributed by atoms with E-state index >= 15 is 0 Å². The van der Waals surface area contributed by atoms with Crippen LogP contribution in [0.2, 0.25) is 0 Å². The number of ether oxygens (including phenoxy) is 2. The molecule has 1 atom stereocenters. The Morgan fingerprint density at radius 3 is 2.42 bits per heavy atom. The zero-order chi connectivity index (χ0) is 17.3. The van der Waals surface area contributed by atoms with Crippen molar-refractivity contribution in [1.82, 2.24) is 14.6 Å². The van der Waals surface area contributed by atoms with E-state index in [0.717, 1.165) is 12.1 Å². The first-order valence-corrected chi connectivity index (χ1v) is 6.75. The molecule has 0 aliphatic rings. The highest BCUT2D eigenvalue weighted by molar-refractivity contribution is 5.47. The lowest BCUT2D eigenvalue weighted by atomic mass is 10.1. The maximum absolute atomic E-state index is 14.9. The van der Waals surface area contributed by atoms with Gasteiger partial charge in [-0.25, -0.2) is 13.9 Å². The van der Waals surface area contributed by atoms with Gasteiger partial charge in [-0.15, -0.1) is 13.2 Å². The zero-order valence-corrected chi connectivity index (χ0v) is 12.3. The summed E-state index contributed by atoms with van der Waals surface area (Å²) in [6.45, 7) is 0. The van der Waals surface area contributed by atoms with E-state index in [9.17, 15) is 17.6 Å². The largest absolute Gasteiger partial charge is 0.573 e. The average Bonchev–Trinajstić information content (AvgIpc) is 3.00. The second kappa shape index (κ2) is 5.99. The first-order valence-electron chi connectivity index (χ1n) is 6.75. The zero-order valence-electron chi connectivity index (χ0n) is 12.3. The maximum Gasteiger partial charge on any atom is 0.573 e. The lowest BCUT2D eigenvalue weighted by Gasteiger charge is -2.13. The van der Waals surface area contributed by atoms with E-state index in [0.29, 0.717) is 11.4 Å². The molecule has 0 amide bonds. The van der Waals surface area contributed by atoms with E-state index in [-0.39, 0.29) is 11.3 Å². The second-order valence-electron chi connectivity index (χ2n) is 4.83. The van der Waals surface area contributed by atoms with E-state index in [4.69, 9.17) is 4.74 Å². The van der Waals surface area contributed by atoms with Gasteiger partial charge in [0.2, 0.25) is 0 Å². The summed E-state index contributed by atoms with van der Waals surface area (Å²) >= 11 is 0. The van der Waals surface area contributed by atoms with Crippen molar-refractivity contribution in [2.45, 2.75) is 12.5 Å². The van der Waals surface area contributed by atoms with E-state index in [2.05, 4.69) is 14.8 Å². The van der Waals surface area contributed by atoms with Gasteiger partial charge in [0.15, 0.2) is 11.8 Å². The normalized spacial score (nSPS) is 13.0. The number of rotatable bonds is 4. The SMILES string of the molecule is COc1cc(C(F)c2ccc(OC(F)(F)F)cc2)n2ncnc2c1. The molecule has 1 unspecified atom stereocenters. The van der Waals surface area contributed by atoms with Crippen molar-refractivity contribution in [3.63, 3.8) is 0 Å². The highest BCUT2D eigenvalue weighted by atomic mass is 19.4. The van der Waals surface area contributed by atoms with Crippen LogP contribution in [-0.4, -0.2) is 28.1 Å². The molecule has 24 heavy (non-hydrogen) atoms. The third kappa shape index (κ3) is 3.24. The van der Waals surface area contributed by atoms with Crippen LogP contribution in [0.4, 0.5) is 17.6 Å². The maximum atomic E-state index is 14.9. The number of hydrogen-bond donors (Lipinski definition) is 0. The van der Waals surface area contributed by atoms with Crippen LogP contribution in [0.15, 0.2) is 42.7 Å². The Morgan fingerprint density at radius 2 is 1.79 bits per heavy atom. The summed E-state index contributed by atoms with van der Waals surface area (Å²) in [5.41, 5.74) is 0.685. The molecule has 0 saturated heterocycles. The Labute approximate surface area is 133 Å². The summed E-state index contributed by atoms with van der Waals surface area (Å²) in [4.78, 5) is 3.98. The van der Waals surface area contributed by atoms with Gasteiger partial charge < -0.3 is 9.47 Å². The van der Waals surface area contributed by atoms with Gasteiger partial charge in [-0.2, -0.15) is 5.10 Å². The molecular formula is C15H11F4N3O2. The van der Waals surface area contributed by atoms with Crippen LogP contribution >= 0.6 is 0 Å². The fourth-order valence-electron chi connectivity index (χ4n) is 2.23. The Bertz CT molecular complexity index is 846. The molecular weight excluding hydrogens is 330 g/mol. The minimum Gasteiger partial charge on any atom is -0.497 e. The Morgan fingerprint density at radius 1 is 1.08 bits per heavy atom. The first kappa shape index (κ1) is 16.0. The number of alkyl halides is 4. The molecule has 0 aliphatic heterocycles. The summed E-state index contributed by atoms with van der Waals surface area (Å²) in [5, 5.41) is 3.94. The van der Waals surface area contributed by atoms with E-state index in [1.165, 1.54) is 36.2 Å². The smallest absolute Gasteiger partial charge is 0.497 e. The molecule has 126 valence electrons. The second-order valence-corrected chi connectivity index (χ2v) is 4.83. The van der Waals surface area contributed by atoms with Crippen molar-refractivity contribution in [1.29, 1.82) is 0 Å². The number of aromatic nitrogens is 3. The third-order valence-electron chi connectivity index (χ3n) is 3.28. The molecule has 0 bridgehead atoms. The first-order chi connectivity index (χ1) is 11.4. The molecule has 3 rings (SSSR count). The molecule has 3 aromatic rings. The molecule has 2 aromatic heterocycles. The minimum atomic E-state index is -4.80. The fourth-order valence-corrected chi connectivity index (χ4v) is 2.23. The number of benzene rings is 1. The van der Waals surface area contributed by atoms with E-state index < -0.39 is 18.3 Å². The Kier molecular flexibility index (Phi) is 4.00. The van der Waals surface area contributed by atoms with Gasteiger partial charge in [-0.05, 0) is 17.7 Å². The van der Waals surface area contributed by atoms with Gasteiger partial charge in [-0.3, -0.25) is 0 Å². The number of hydrogen-bond acceptors (Lipinski definition) is 4. The highest BCUT2D eigenvalue weighted by Crippen LogP contribution is 2.31. The summed E-state index contributed by atoms with van der Waals surface area (Å²) in [6, 6.07) is 7.57. The molecule has 0 radical (unpaired) electrons. The monoisotopic (exact) mass is 341 g/mol. The fraction of sp³-hybridized carbons (Fsp3) is 0.200. The molecule has 0 aliphatic carbocycles. The van der Waals surface area contributed by atoms with Crippen molar-refractivity contribution < 1.29 is 27.0 Å². The van der Waals surface area contributed by atoms with Crippen LogP contribution < -0.4 is 9.47 Å². The quantitative estimate of drug-likeness (QED) is 0.679. The number of methoxy groups -OCH3 is 1. The highest BCUT2D eigenvalue weighted by Gasteiger charge is 2.31. The van der Waals surface area contributed by atoms with Crippen molar-refractivity contribution in [2.24, 2.45) is 0 Å². The molecule has 1 aromatic carbocycles. The molecule has 5 nitrogen and oxygen atoms in total. The van der Waals surface area contributed by atoms with Crippen LogP contribution in [0.5, 0.6) is 11.5 Å². The van der Waals surface area contributed by atoms with Crippen molar-refractivity contribution in [3.05, 3.63) is 54.0 Å². The van der Waals surface area contributed by atoms with Crippen LogP contribution in [-0.2, 0) is 0 Å². The predicted octanol–water partition coefficient (Wildman–Crippen LogP) is 3.70. The third-order valence-corrected chi connectivity index (χ3v) is 3.28. The van der Waals surface area contributed by atoms with Crippen LogP contribution in [0.25, 0.3) is 5.65 Å². The van der Waals surface area contributed by atoms with Crippen molar-refractivity contribution in [2.75, 3.05) is 7.11 Å². The van der Waals surface area contributed by atoms with Gasteiger partial charge in [0.1, 0.15) is 17.8 Å². The number of fused-ring (bicyclic) bond motifs is 1. The standard InChI is InChI=1S/C15H11F4N3O2/c1-23-11-6-12(22-13(7-11)20-8-21-22)14(16)9-2-4-10(5-3-9)24-15(17,18)19/h2-8,14H,1H3. The van der Waals surface area contributed by atoms with E-state index in [1.807, 2.05) is 0 Å². The van der Waals surface area contributed by atoms with Gasteiger partial charge in [-0.1, -0.05) is 12.1 Å². The summed E-state index contributed by atoms with van der Waals surface area (Å²) < 4.78 is 61.5. The van der Waals surface area contributed by atoms with Gasteiger partial charge in [0.25, 0.3) is 0 Å². The molecule has 9 heteroatoms. The topological polar surface area (TPSA) is 48.7 Å². The number of nitrogens with zero attached hydrogens (tertiary/aromatic N) is 3. The summed E-state index contributed by atoms with van der Waals surface area (Å²) in [6.07, 6.45) is -5.16. The molecule has 0 N–H and O–H groups in total. The molecule has 2 heterocycles. The lowest BCUT2D eigenvalue weighted by molar-refractivity contribution is -0.274. The molecule has 0 fully saturated rings. The molecule has 0 saturated carbocycles. The number of pyridine rings is 1.